The smallest absolute Gasteiger partial charge is 0.254 e. The summed E-state index contributed by atoms with van der Waals surface area (Å²) in [7, 11) is 0. The summed E-state index contributed by atoms with van der Waals surface area (Å²) in [5, 5.41) is 0. The van der Waals surface area contributed by atoms with Crippen molar-refractivity contribution < 1.29 is 13.9 Å². The van der Waals surface area contributed by atoms with Gasteiger partial charge in [-0.3, -0.25) is 4.79 Å². The minimum absolute atomic E-state index is 0.155. The topological polar surface area (TPSA) is 45.7 Å². The predicted octanol–water partition coefficient (Wildman–Crippen LogP) is 2.58. The van der Waals surface area contributed by atoms with Gasteiger partial charge in [0.2, 0.25) is 0 Å². The van der Waals surface area contributed by atoms with E-state index < -0.39 is 5.82 Å². The lowest BCUT2D eigenvalue weighted by Crippen LogP contribution is -2.49. The Morgan fingerprint density at radius 1 is 1.21 bits per heavy atom. The summed E-state index contributed by atoms with van der Waals surface area (Å²) in [6.07, 6.45) is 1.76. The van der Waals surface area contributed by atoms with Crippen molar-refractivity contribution in [1.82, 2.24) is 9.88 Å². The Bertz CT molecular complexity index is 701. The highest BCUT2D eigenvalue weighted by Gasteiger charge is 2.23. The van der Waals surface area contributed by atoms with Gasteiger partial charge in [-0.1, -0.05) is 6.07 Å². The number of pyridine rings is 1. The number of anilines is 1. The Morgan fingerprint density at radius 2 is 2.00 bits per heavy atom. The van der Waals surface area contributed by atoms with E-state index in [0.717, 1.165) is 5.82 Å². The normalized spacial score (nSPS) is 14.6. The molecule has 0 spiro atoms. The molecule has 0 N–H and O–H groups in total. The first-order valence-corrected chi connectivity index (χ1v) is 8.06. The first-order valence-electron chi connectivity index (χ1n) is 8.06. The Balaban J connectivity index is 1.64. The zero-order chi connectivity index (χ0) is 16.9. The van der Waals surface area contributed by atoms with Gasteiger partial charge in [0.25, 0.3) is 5.91 Å². The zero-order valence-corrected chi connectivity index (χ0v) is 13.6. The SMILES string of the molecule is CCOc1ccc(C(=O)N2CCN(c3ccccn3)CC2)cc1F. The van der Waals surface area contributed by atoms with Crippen LogP contribution in [0.25, 0.3) is 0 Å². The number of hydrogen-bond donors (Lipinski definition) is 0. The van der Waals surface area contributed by atoms with E-state index in [0.29, 0.717) is 38.3 Å². The number of carbonyl (C=O) groups is 1. The largest absolute Gasteiger partial charge is 0.491 e. The molecule has 0 saturated carbocycles. The Morgan fingerprint density at radius 3 is 2.62 bits per heavy atom. The lowest BCUT2D eigenvalue weighted by Gasteiger charge is -2.35. The van der Waals surface area contributed by atoms with Crippen LogP contribution in [0.15, 0.2) is 42.6 Å². The average Bonchev–Trinajstić information content (AvgIpc) is 2.64. The average molecular weight is 329 g/mol. The second-order valence-corrected chi connectivity index (χ2v) is 5.55. The summed E-state index contributed by atoms with van der Waals surface area (Å²) >= 11 is 0. The summed E-state index contributed by atoms with van der Waals surface area (Å²) in [6.45, 7) is 4.78. The van der Waals surface area contributed by atoms with Gasteiger partial charge in [0.1, 0.15) is 5.82 Å². The van der Waals surface area contributed by atoms with Gasteiger partial charge in [-0.05, 0) is 37.3 Å². The van der Waals surface area contributed by atoms with Gasteiger partial charge in [0.15, 0.2) is 11.6 Å². The maximum absolute atomic E-state index is 13.9. The third-order valence-corrected chi connectivity index (χ3v) is 4.02. The standard InChI is InChI=1S/C18H20FN3O2/c1-2-24-16-7-6-14(13-15(16)19)18(23)22-11-9-21(10-12-22)17-5-3-4-8-20-17/h3-8,13H,2,9-12H2,1H3. The second-order valence-electron chi connectivity index (χ2n) is 5.55. The predicted molar refractivity (Wildman–Crippen MR) is 89.9 cm³/mol. The molecule has 1 aliphatic heterocycles. The van der Waals surface area contributed by atoms with Crippen LogP contribution >= 0.6 is 0 Å². The molecule has 0 aliphatic carbocycles. The van der Waals surface area contributed by atoms with Crippen LogP contribution in [0.1, 0.15) is 17.3 Å². The van der Waals surface area contributed by atoms with Crippen molar-refractivity contribution in [1.29, 1.82) is 0 Å². The van der Waals surface area contributed by atoms with Gasteiger partial charge in [0, 0.05) is 37.9 Å². The molecule has 1 amide bonds. The third kappa shape index (κ3) is 3.48. The highest BCUT2D eigenvalue weighted by molar-refractivity contribution is 5.94. The Kier molecular flexibility index (Phi) is 4.93. The number of benzene rings is 1. The fourth-order valence-electron chi connectivity index (χ4n) is 2.77. The number of halogens is 1. The fraction of sp³-hybridized carbons (Fsp3) is 0.333. The van der Waals surface area contributed by atoms with E-state index in [1.54, 1.807) is 24.1 Å². The van der Waals surface area contributed by atoms with Crippen molar-refractivity contribution >= 4 is 11.7 Å². The molecule has 6 heteroatoms. The molecule has 24 heavy (non-hydrogen) atoms. The highest BCUT2D eigenvalue weighted by atomic mass is 19.1. The highest BCUT2D eigenvalue weighted by Crippen LogP contribution is 2.20. The molecular weight excluding hydrogens is 309 g/mol. The van der Waals surface area contributed by atoms with Crippen molar-refractivity contribution in [2.45, 2.75) is 6.92 Å². The minimum Gasteiger partial charge on any atom is -0.491 e. The molecule has 1 saturated heterocycles. The van der Waals surface area contributed by atoms with Gasteiger partial charge in [-0.2, -0.15) is 0 Å². The molecule has 2 aromatic rings. The summed E-state index contributed by atoms with van der Waals surface area (Å²) in [5.74, 6) is 0.429. The van der Waals surface area contributed by atoms with E-state index >= 15 is 0 Å². The number of hydrogen-bond acceptors (Lipinski definition) is 4. The molecule has 2 heterocycles. The quantitative estimate of drug-likeness (QED) is 0.865. The molecule has 1 aromatic carbocycles. The molecular formula is C18H20FN3O2. The summed E-state index contributed by atoms with van der Waals surface area (Å²) in [5.41, 5.74) is 0.349. The van der Waals surface area contributed by atoms with E-state index in [2.05, 4.69) is 9.88 Å². The van der Waals surface area contributed by atoms with Gasteiger partial charge in [-0.25, -0.2) is 9.37 Å². The molecule has 3 rings (SSSR count). The summed E-state index contributed by atoms with van der Waals surface area (Å²) in [4.78, 5) is 20.8. The van der Waals surface area contributed by atoms with Gasteiger partial charge in [-0.15, -0.1) is 0 Å². The molecule has 1 fully saturated rings. The van der Waals surface area contributed by atoms with Gasteiger partial charge in [0.05, 0.1) is 6.61 Å². The van der Waals surface area contributed by atoms with Crippen molar-refractivity contribution in [3.63, 3.8) is 0 Å². The molecule has 5 nitrogen and oxygen atoms in total. The Hall–Kier alpha value is -2.63. The van der Waals surface area contributed by atoms with Crippen molar-refractivity contribution in [2.24, 2.45) is 0 Å². The monoisotopic (exact) mass is 329 g/mol. The van der Waals surface area contributed by atoms with Crippen LogP contribution in [0.2, 0.25) is 0 Å². The maximum atomic E-state index is 13.9. The number of rotatable bonds is 4. The third-order valence-electron chi connectivity index (χ3n) is 4.02. The van der Waals surface area contributed by atoms with Gasteiger partial charge < -0.3 is 14.5 Å². The van der Waals surface area contributed by atoms with Crippen molar-refractivity contribution in [2.75, 3.05) is 37.7 Å². The van der Waals surface area contributed by atoms with E-state index in [-0.39, 0.29) is 11.7 Å². The van der Waals surface area contributed by atoms with Crippen LogP contribution in [-0.2, 0) is 0 Å². The number of carbonyl (C=O) groups excluding carboxylic acids is 1. The van der Waals surface area contributed by atoms with Crippen molar-refractivity contribution in [3.8, 4) is 5.75 Å². The van der Waals surface area contributed by atoms with E-state index in [9.17, 15) is 9.18 Å². The van der Waals surface area contributed by atoms with E-state index in [1.165, 1.54) is 12.1 Å². The number of nitrogens with zero attached hydrogens (tertiary/aromatic N) is 3. The first-order chi connectivity index (χ1) is 11.7. The molecule has 1 aliphatic rings. The molecule has 1 aromatic heterocycles. The summed E-state index contributed by atoms with van der Waals surface area (Å²) < 4.78 is 19.1. The van der Waals surface area contributed by atoms with Crippen LogP contribution < -0.4 is 9.64 Å². The molecule has 126 valence electrons. The van der Waals surface area contributed by atoms with Crippen molar-refractivity contribution in [3.05, 3.63) is 54.0 Å². The maximum Gasteiger partial charge on any atom is 0.254 e. The van der Waals surface area contributed by atoms with Crippen LogP contribution in [0.4, 0.5) is 10.2 Å². The number of amides is 1. The molecule has 0 atom stereocenters. The van der Waals surface area contributed by atoms with E-state index in [4.69, 9.17) is 4.74 Å². The fourth-order valence-corrected chi connectivity index (χ4v) is 2.77. The molecule has 0 unspecified atom stereocenters. The Labute approximate surface area is 140 Å². The second kappa shape index (κ2) is 7.29. The zero-order valence-electron chi connectivity index (χ0n) is 13.6. The lowest BCUT2D eigenvalue weighted by molar-refractivity contribution is 0.0746. The molecule has 0 radical (unpaired) electrons. The number of aromatic nitrogens is 1. The number of ether oxygens (including phenoxy) is 1. The minimum atomic E-state index is -0.505. The lowest BCUT2D eigenvalue weighted by atomic mass is 10.1. The number of piperazine rings is 1. The first kappa shape index (κ1) is 16.2. The summed E-state index contributed by atoms with van der Waals surface area (Å²) in [6, 6.07) is 10.2. The van der Waals surface area contributed by atoms with Crippen LogP contribution in [0, 0.1) is 5.82 Å². The van der Waals surface area contributed by atoms with Crippen LogP contribution in [-0.4, -0.2) is 48.6 Å². The van der Waals surface area contributed by atoms with Gasteiger partial charge >= 0.3 is 0 Å². The molecule has 0 bridgehead atoms. The van der Waals surface area contributed by atoms with Crippen LogP contribution in [0.3, 0.4) is 0 Å². The van der Waals surface area contributed by atoms with E-state index in [1.807, 2.05) is 18.2 Å². The van der Waals surface area contributed by atoms with Crippen LogP contribution in [0.5, 0.6) is 5.75 Å².